The molecule has 2 amide bonds. The molecule has 0 fully saturated rings. The third-order valence-electron chi connectivity index (χ3n) is 6.64. The molecule has 4 rings (SSSR count). The Labute approximate surface area is 210 Å². The highest BCUT2D eigenvalue weighted by Crippen LogP contribution is 2.47. The molecule has 2 aromatic rings. The van der Waals surface area contributed by atoms with Crippen LogP contribution >= 0.6 is 0 Å². The van der Waals surface area contributed by atoms with E-state index < -0.39 is 24.2 Å². The van der Waals surface area contributed by atoms with Crippen LogP contribution in [0.5, 0.6) is 11.5 Å². The Morgan fingerprint density at radius 1 is 1.11 bits per heavy atom. The summed E-state index contributed by atoms with van der Waals surface area (Å²) in [7, 11) is 3.02. The highest BCUT2D eigenvalue weighted by molar-refractivity contribution is 5.96. The second-order valence-electron chi connectivity index (χ2n) is 8.76. The zero-order chi connectivity index (χ0) is 25.7. The number of carbonyl (C=O) groups excluding carboxylic acids is 2. The Bertz CT molecular complexity index is 1120. The average Bonchev–Trinajstić information content (AvgIpc) is 3.29. The molecule has 1 aliphatic heterocycles. The van der Waals surface area contributed by atoms with Crippen LogP contribution in [0.4, 0.5) is 0 Å². The van der Waals surface area contributed by atoms with Crippen LogP contribution in [0.2, 0.25) is 0 Å². The van der Waals surface area contributed by atoms with Gasteiger partial charge in [0, 0.05) is 31.3 Å². The van der Waals surface area contributed by atoms with Gasteiger partial charge in [0.15, 0.2) is 0 Å². The lowest BCUT2D eigenvalue weighted by Crippen LogP contribution is -2.56. The van der Waals surface area contributed by atoms with E-state index in [1.807, 2.05) is 42.5 Å². The van der Waals surface area contributed by atoms with Gasteiger partial charge in [-0.05, 0) is 30.2 Å². The Balaban J connectivity index is 1.70. The second-order valence-corrected chi connectivity index (χ2v) is 8.76. The Morgan fingerprint density at radius 3 is 2.61 bits per heavy atom. The molecule has 0 bridgehead atoms. The zero-order valence-electron chi connectivity index (χ0n) is 20.4. The predicted octanol–water partition coefficient (Wildman–Crippen LogP) is 1.04. The van der Waals surface area contributed by atoms with Gasteiger partial charge in [-0.1, -0.05) is 36.4 Å². The van der Waals surface area contributed by atoms with Crippen molar-refractivity contribution in [1.82, 2.24) is 10.2 Å². The van der Waals surface area contributed by atoms with E-state index in [-0.39, 0.29) is 38.1 Å². The third kappa shape index (κ3) is 5.09. The Hall–Kier alpha value is -3.40. The molecule has 0 saturated carbocycles. The molecule has 2 aromatic carbocycles. The van der Waals surface area contributed by atoms with E-state index in [9.17, 15) is 19.8 Å². The van der Waals surface area contributed by atoms with Gasteiger partial charge in [0.1, 0.15) is 30.3 Å². The maximum atomic E-state index is 13.2. The number of rotatable bonds is 10. The number of aliphatic hydroxyl groups is 2. The summed E-state index contributed by atoms with van der Waals surface area (Å²) in [4.78, 5) is 27.9. The number of hydrogen-bond acceptors (Lipinski definition) is 7. The number of methoxy groups -OCH3 is 2. The Morgan fingerprint density at radius 2 is 1.86 bits per heavy atom. The average molecular weight is 497 g/mol. The highest BCUT2D eigenvalue weighted by Gasteiger charge is 2.50. The molecular formula is C27H32N2O7. The number of nitrogens with one attached hydrogen (secondary N) is 1. The van der Waals surface area contributed by atoms with E-state index in [1.165, 1.54) is 12.0 Å². The number of carbonyl (C=O) groups is 2. The van der Waals surface area contributed by atoms with Crippen molar-refractivity contribution in [2.75, 3.05) is 40.5 Å². The molecule has 9 nitrogen and oxygen atoms in total. The van der Waals surface area contributed by atoms with E-state index in [0.717, 1.165) is 11.1 Å². The van der Waals surface area contributed by atoms with Crippen LogP contribution in [0, 0.1) is 0 Å². The molecule has 1 heterocycles. The largest absolute Gasteiger partial charge is 0.496 e. The lowest BCUT2D eigenvalue weighted by atomic mass is 9.77. The first-order valence-corrected chi connectivity index (χ1v) is 11.9. The molecular weight excluding hydrogens is 464 g/mol. The molecule has 9 heteroatoms. The van der Waals surface area contributed by atoms with Crippen LogP contribution in [0.3, 0.4) is 0 Å². The summed E-state index contributed by atoms with van der Waals surface area (Å²) in [6, 6.07) is 14.1. The summed E-state index contributed by atoms with van der Waals surface area (Å²) in [5.74, 6) is 0.101. The molecule has 0 unspecified atom stereocenters. The zero-order valence-corrected chi connectivity index (χ0v) is 20.4. The van der Waals surface area contributed by atoms with E-state index >= 15 is 0 Å². The summed E-state index contributed by atoms with van der Waals surface area (Å²) in [6.45, 7) is -0.0338. The number of fused-ring (bicyclic) bond motifs is 3. The fourth-order valence-corrected chi connectivity index (χ4v) is 4.99. The molecule has 0 aromatic heterocycles. The standard InChI is InChI=1S/C27H32N2O7/c1-34-16-23(31)29(13-11-17-7-3-5-9-21(17)35-2)20-15-19(27(33)28-12-14-30)24-18-8-4-6-10-22(18)36-26(24)25(20)32/h3-10,15,20,24-26,30,32H,11-14,16H2,1-2H3,(H,28,33)/t20-,24+,25+,26+/m1/s1. The fourth-order valence-electron chi connectivity index (χ4n) is 4.99. The number of benzene rings is 2. The summed E-state index contributed by atoms with van der Waals surface area (Å²) < 4.78 is 16.7. The Kier molecular flexibility index (Phi) is 8.25. The maximum Gasteiger partial charge on any atom is 0.249 e. The van der Waals surface area contributed by atoms with Gasteiger partial charge in [0.2, 0.25) is 11.8 Å². The highest BCUT2D eigenvalue weighted by atomic mass is 16.5. The number of para-hydroxylation sites is 2. The van der Waals surface area contributed by atoms with Gasteiger partial charge >= 0.3 is 0 Å². The van der Waals surface area contributed by atoms with E-state index in [2.05, 4.69) is 5.32 Å². The molecule has 0 saturated heterocycles. The van der Waals surface area contributed by atoms with Crippen molar-refractivity contribution in [2.45, 2.75) is 30.6 Å². The van der Waals surface area contributed by atoms with Crippen LogP contribution in [0.25, 0.3) is 0 Å². The van der Waals surface area contributed by atoms with Crippen LogP contribution < -0.4 is 14.8 Å². The third-order valence-corrected chi connectivity index (χ3v) is 6.64. The van der Waals surface area contributed by atoms with Crippen LogP contribution in [0.15, 0.2) is 60.2 Å². The molecule has 0 radical (unpaired) electrons. The smallest absolute Gasteiger partial charge is 0.249 e. The van der Waals surface area contributed by atoms with Crippen LogP contribution in [-0.2, 0) is 20.7 Å². The van der Waals surface area contributed by atoms with Gasteiger partial charge in [-0.3, -0.25) is 9.59 Å². The monoisotopic (exact) mass is 496 g/mol. The molecule has 0 spiro atoms. The first-order valence-electron chi connectivity index (χ1n) is 11.9. The molecule has 192 valence electrons. The lowest BCUT2D eigenvalue weighted by molar-refractivity contribution is -0.141. The second kappa shape index (κ2) is 11.6. The summed E-state index contributed by atoms with van der Waals surface area (Å²) in [6.07, 6.45) is 0.281. The van der Waals surface area contributed by atoms with Gasteiger partial charge in [-0.15, -0.1) is 0 Å². The molecule has 2 aliphatic rings. The van der Waals surface area contributed by atoms with E-state index in [0.29, 0.717) is 23.5 Å². The van der Waals surface area contributed by atoms with Crippen molar-refractivity contribution in [1.29, 1.82) is 0 Å². The van der Waals surface area contributed by atoms with Gasteiger partial charge in [0.05, 0.1) is 25.7 Å². The number of ether oxygens (including phenoxy) is 3. The van der Waals surface area contributed by atoms with Crippen molar-refractivity contribution in [3.63, 3.8) is 0 Å². The normalized spacial score (nSPS) is 22.1. The van der Waals surface area contributed by atoms with Gasteiger partial charge in [-0.25, -0.2) is 0 Å². The van der Waals surface area contributed by atoms with Gasteiger partial charge in [0.25, 0.3) is 0 Å². The molecule has 4 atom stereocenters. The quantitative estimate of drug-likeness (QED) is 0.450. The topological polar surface area (TPSA) is 118 Å². The minimum Gasteiger partial charge on any atom is -0.496 e. The van der Waals surface area contributed by atoms with Crippen molar-refractivity contribution >= 4 is 11.8 Å². The number of hydrogen-bond donors (Lipinski definition) is 3. The summed E-state index contributed by atoms with van der Waals surface area (Å²) in [5.41, 5.74) is 2.10. The lowest BCUT2D eigenvalue weighted by Gasteiger charge is -2.40. The number of amides is 2. The minimum atomic E-state index is -1.09. The molecule has 36 heavy (non-hydrogen) atoms. The maximum absolute atomic E-state index is 13.2. The SMILES string of the molecule is COCC(=O)N(CCc1ccccc1OC)[C@@H]1C=C(C(=O)NCCO)[C@@H]2c3ccccc3O[C@@H]2[C@H]1O. The summed E-state index contributed by atoms with van der Waals surface area (Å²) >= 11 is 0. The van der Waals surface area contributed by atoms with Crippen molar-refractivity contribution in [2.24, 2.45) is 0 Å². The first kappa shape index (κ1) is 25.7. The van der Waals surface area contributed by atoms with E-state index in [4.69, 9.17) is 14.2 Å². The first-order chi connectivity index (χ1) is 17.5. The number of aliphatic hydroxyl groups excluding tert-OH is 2. The van der Waals surface area contributed by atoms with Gasteiger partial charge in [-0.2, -0.15) is 0 Å². The fraction of sp³-hybridized carbons (Fsp3) is 0.407. The van der Waals surface area contributed by atoms with E-state index in [1.54, 1.807) is 19.3 Å². The molecule has 3 N–H and O–H groups in total. The number of nitrogens with zero attached hydrogens (tertiary/aromatic N) is 1. The van der Waals surface area contributed by atoms with Crippen molar-refractivity contribution in [3.8, 4) is 11.5 Å². The van der Waals surface area contributed by atoms with Crippen LogP contribution in [-0.4, -0.2) is 85.7 Å². The van der Waals surface area contributed by atoms with Gasteiger partial charge < -0.3 is 34.6 Å². The van der Waals surface area contributed by atoms with Crippen molar-refractivity contribution in [3.05, 3.63) is 71.3 Å². The predicted molar refractivity (Wildman–Crippen MR) is 132 cm³/mol. The minimum absolute atomic E-state index is 0.0867. The molecule has 1 aliphatic carbocycles. The van der Waals surface area contributed by atoms with Crippen LogP contribution in [0.1, 0.15) is 17.0 Å². The van der Waals surface area contributed by atoms with Crippen molar-refractivity contribution < 1.29 is 34.0 Å². The summed E-state index contributed by atoms with van der Waals surface area (Å²) in [5, 5.41) is 23.4.